The van der Waals surface area contributed by atoms with E-state index in [-0.39, 0.29) is 6.61 Å². The molecule has 1 N–H and O–H groups in total. The number of nitrogens with zero attached hydrogens (tertiary/aromatic N) is 6. The molecule has 1 aliphatic rings. The molecule has 3 aromatic rings. The first-order chi connectivity index (χ1) is 11.8. The summed E-state index contributed by atoms with van der Waals surface area (Å²) in [5.74, 6) is 0.642. The summed E-state index contributed by atoms with van der Waals surface area (Å²) in [6.45, 7) is 3.35. The van der Waals surface area contributed by atoms with Crippen LogP contribution in [0.15, 0.2) is 42.9 Å². The summed E-state index contributed by atoms with van der Waals surface area (Å²) in [5, 5.41) is 13.6. The molecule has 0 radical (unpaired) electrons. The van der Waals surface area contributed by atoms with Gasteiger partial charge < -0.3 is 5.11 Å². The van der Waals surface area contributed by atoms with Gasteiger partial charge in [0.15, 0.2) is 5.82 Å². The Labute approximate surface area is 139 Å². The number of pyridine rings is 1. The van der Waals surface area contributed by atoms with Crippen molar-refractivity contribution in [2.24, 2.45) is 0 Å². The Bertz CT molecular complexity index is 815. The van der Waals surface area contributed by atoms with E-state index in [9.17, 15) is 5.11 Å². The molecule has 3 aromatic heterocycles. The summed E-state index contributed by atoms with van der Waals surface area (Å²) in [7, 11) is 0. The minimum atomic E-state index is -0.0111. The summed E-state index contributed by atoms with van der Waals surface area (Å²) in [5.41, 5.74) is 3.72. The Balaban J connectivity index is 1.44. The highest BCUT2D eigenvalue weighted by Crippen LogP contribution is 2.17. The lowest BCUT2D eigenvalue weighted by Gasteiger charge is -2.27. The lowest BCUT2D eigenvalue weighted by Crippen LogP contribution is -2.33. The van der Waals surface area contributed by atoms with Gasteiger partial charge in [-0.15, -0.1) is 0 Å². The van der Waals surface area contributed by atoms with Gasteiger partial charge in [0.2, 0.25) is 0 Å². The van der Waals surface area contributed by atoms with Crippen molar-refractivity contribution in [3.05, 3.63) is 59.8 Å². The first kappa shape index (κ1) is 14.9. The predicted octanol–water partition coefficient (Wildman–Crippen LogP) is 1.24. The molecule has 0 aliphatic carbocycles. The zero-order valence-corrected chi connectivity index (χ0v) is 13.2. The van der Waals surface area contributed by atoms with Gasteiger partial charge in [-0.3, -0.25) is 14.6 Å². The third kappa shape index (κ3) is 3.04. The molecule has 0 saturated heterocycles. The molecular formula is C17H18N6O. The number of hydrogen-bond donors (Lipinski definition) is 1. The van der Waals surface area contributed by atoms with E-state index in [0.717, 1.165) is 48.8 Å². The number of aromatic nitrogens is 5. The van der Waals surface area contributed by atoms with E-state index in [1.807, 2.05) is 41.3 Å². The Morgan fingerprint density at radius 2 is 1.96 bits per heavy atom. The molecule has 0 bridgehead atoms. The van der Waals surface area contributed by atoms with E-state index < -0.39 is 0 Å². The Hall–Kier alpha value is -2.64. The molecule has 0 atom stereocenters. The van der Waals surface area contributed by atoms with Crippen LogP contribution in [-0.4, -0.2) is 41.3 Å². The van der Waals surface area contributed by atoms with E-state index in [0.29, 0.717) is 5.82 Å². The average Bonchev–Trinajstić information content (AvgIpc) is 3.06. The van der Waals surface area contributed by atoms with Crippen LogP contribution in [0.25, 0.3) is 11.5 Å². The number of aliphatic hydroxyl groups is 1. The van der Waals surface area contributed by atoms with Crippen molar-refractivity contribution in [3.8, 4) is 11.5 Å². The van der Waals surface area contributed by atoms with Crippen molar-refractivity contribution < 1.29 is 5.11 Å². The van der Waals surface area contributed by atoms with Crippen molar-refractivity contribution in [1.82, 2.24) is 29.6 Å². The van der Waals surface area contributed by atoms with Crippen LogP contribution in [0, 0.1) is 0 Å². The number of aliphatic hydroxyl groups excluding tert-OH is 1. The van der Waals surface area contributed by atoms with Crippen molar-refractivity contribution in [2.75, 3.05) is 6.54 Å². The van der Waals surface area contributed by atoms with Gasteiger partial charge in [-0.2, -0.15) is 5.10 Å². The highest BCUT2D eigenvalue weighted by molar-refractivity contribution is 5.47. The van der Waals surface area contributed by atoms with Gasteiger partial charge >= 0.3 is 0 Å². The van der Waals surface area contributed by atoms with Crippen LogP contribution in [0.4, 0.5) is 0 Å². The van der Waals surface area contributed by atoms with Gasteiger partial charge in [0.1, 0.15) is 5.69 Å². The largest absolute Gasteiger partial charge is 0.390 e. The minimum Gasteiger partial charge on any atom is -0.390 e. The molecule has 122 valence electrons. The molecule has 0 unspecified atom stereocenters. The molecule has 1 aliphatic heterocycles. The fourth-order valence-electron chi connectivity index (χ4n) is 2.91. The molecule has 24 heavy (non-hydrogen) atoms. The third-order valence-corrected chi connectivity index (χ3v) is 4.10. The van der Waals surface area contributed by atoms with Crippen LogP contribution in [0.2, 0.25) is 0 Å². The quantitative estimate of drug-likeness (QED) is 0.778. The van der Waals surface area contributed by atoms with E-state index in [1.54, 1.807) is 6.20 Å². The maximum absolute atomic E-state index is 9.20. The molecule has 0 saturated carbocycles. The summed E-state index contributed by atoms with van der Waals surface area (Å²) in [6.07, 6.45) is 5.47. The molecule has 4 heterocycles. The minimum absolute atomic E-state index is 0.0111. The Morgan fingerprint density at radius 1 is 1.08 bits per heavy atom. The second-order valence-electron chi connectivity index (χ2n) is 5.85. The zero-order chi connectivity index (χ0) is 16.4. The van der Waals surface area contributed by atoms with Crippen LogP contribution >= 0.6 is 0 Å². The van der Waals surface area contributed by atoms with Crippen molar-refractivity contribution >= 4 is 0 Å². The maximum atomic E-state index is 9.20. The van der Waals surface area contributed by atoms with Gasteiger partial charge in [-0.1, -0.05) is 6.07 Å². The van der Waals surface area contributed by atoms with E-state index in [2.05, 4.69) is 25.0 Å². The second-order valence-corrected chi connectivity index (χ2v) is 5.85. The molecule has 0 aromatic carbocycles. The summed E-state index contributed by atoms with van der Waals surface area (Å²) < 4.78 is 1.97. The van der Waals surface area contributed by atoms with Crippen LogP contribution in [0.5, 0.6) is 0 Å². The van der Waals surface area contributed by atoms with Crippen molar-refractivity contribution in [3.63, 3.8) is 0 Å². The molecule has 7 heteroatoms. The molecule has 0 fully saturated rings. The SMILES string of the molecule is OCc1cc2n(n1)CCN(Cc1cnc(-c3ccccn3)nc1)C2. The average molecular weight is 322 g/mol. The van der Waals surface area contributed by atoms with Gasteiger partial charge in [-0.05, 0) is 18.2 Å². The molecule has 0 spiro atoms. The summed E-state index contributed by atoms with van der Waals surface area (Å²) >= 11 is 0. The molecule has 4 rings (SSSR count). The van der Waals surface area contributed by atoms with Gasteiger partial charge in [0.05, 0.1) is 24.5 Å². The van der Waals surface area contributed by atoms with Crippen LogP contribution in [-0.2, 0) is 26.2 Å². The first-order valence-electron chi connectivity index (χ1n) is 7.93. The highest BCUT2D eigenvalue weighted by Gasteiger charge is 2.18. The number of fused-ring (bicyclic) bond motifs is 1. The lowest BCUT2D eigenvalue weighted by atomic mass is 10.2. The van der Waals surface area contributed by atoms with E-state index in [1.165, 1.54) is 0 Å². The van der Waals surface area contributed by atoms with Crippen LogP contribution in [0.1, 0.15) is 17.0 Å². The lowest BCUT2D eigenvalue weighted by molar-refractivity contribution is 0.204. The maximum Gasteiger partial charge on any atom is 0.178 e. The first-order valence-corrected chi connectivity index (χ1v) is 7.93. The second kappa shape index (κ2) is 6.46. The van der Waals surface area contributed by atoms with E-state index >= 15 is 0 Å². The van der Waals surface area contributed by atoms with Gasteiger partial charge in [0, 0.05) is 43.8 Å². The number of rotatable bonds is 4. The fourth-order valence-corrected chi connectivity index (χ4v) is 2.91. The highest BCUT2D eigenvalue weighted by atomic mass is 16.3. The van der Waals surface area contributed by atoms with Crippen molar-refractivity contribution in [2.45, 2.75) is 26.2 Å². The Morgan fingerprint density at radius 3 is 2.71 bits per heavy atom. The zero-order valence-electron chi connectivity index (χ0n) is 13.2. The molecular weight excluding hydrogens is 304 g/mol. The van der Waals surface area contributed by atoms with Crippen LogP contribution in [0.3, 0.4) is 0 Å². The molecule has 0 amide bonds. The van der Waals surface area contributed by atoms with Crippen molar-refractivity contribution in [1.29, 1.82) is 0 Å². The summed E-state index contributed by atoms with van der Waals surface area (Å²) in [4.78, 5) is 15.4. The molecule has 7 nitrogen and oxygen atoms in total. The number of hydrogen-bond acceptors (Lipinski definition) is 6. The van der Waals surface area contributed by atoms with Crippen LogP contribution < -0.4 is 0 Å². The smallest absolute Gasteiger partial charge is 0.178 e. The third-order valence-electron chi connectivity index (χ3n) is 4.10. The normalized spacial score (nSPS) is 14.5. The van der Waals surface area contributed by atoms with Gasteiger partial charge in [-0.25, -0.2) is 9.97 Å². The fraction of sp³-hybridized carbons (Fsp3) is 0.294. The Kier molecular flexibility index (Phi) is 4.02. The standard InChI is InChI=1S/C17H18N6O/c24-12-14-7-15-11-22(5-6-23(15)21-14)10-13-8-19-17(20-9-13)16-3-1-2-4-18-16/h1-4,7-9,24H,5-6,10-12H2. The predicted molar refractivity (Wildman–Crippen MR) is 87.5 cm³/mol. The summed E-state index contributed by atoms with van der Waals surface area (Å²) in [6, 6.07) is 7.67. The topological polar surface area (TPSA) is 80.0 Å². The van der Waals surface area contributed by atoms with Gasteiger partial charge in [0.25, 0.3) is 0 Å². The van der Waals surface area contributed by atoms with E-state index in [4.69, 9.17) is 0 Å². The monoisotopic (exact) mass is 322 g/mol.